The van der Waals surface area contributed by atoms with E-state index in [2.05, 4.69) is 4.98 Å². The minimum absolute atomic E-state index is 0.000327. The van der Waals surface area contributed by atoms with Crippen molar-refractivity contribution in [1.82, 2.24) is 9.29 Å². The number of nitriles is 2. The van der Waals surface area contributed by atoms with Gasteiger partial charge in [0.25, 0.3) is 3.12 Å². The van der Waals surface area contributed by atoms with Crippen LogP contribution in [0.1, 0.15) is 24.0 Å². The third-order valence-electron chi connectivity index (χ3n) is 5.06. The zero-order chi connectivity index (χ0) is 25.0. The normalized spacial score (nSPS) is 19.1. The van der Waals surface area contributed by atoms with Crippen LogP contribution in [0, 0.1) is 34.5 Å². The van der Waals surface area contributed by atoms with E-state index in [0.717, 1.165) is 4.31 Å². The molecule has 2 aromatic rings. The van der Waals surface area contributed by atoms with Gasteiger partial charge < -0.3 is 0 Å². The Morgan fingerprint density at radius 2 is 1.38 bits per heavy atom. The van der Waals surface area contributed by atoms with Gasteiger partial charge in [0.2, 0.25) is 11.8 Å². The van der Waals surface area contributed by atoms with E-state index in [1.165, 1.54) is 0 Å². The number of halogens is 5. The summed E-state index contributed by atoms with van der Waals surface area (Å²) in [5.74, 6) is -1.07. The van der Waals surface area contributed by atoms with Gasteiger partial charge in [0, 0.05) is 17.5 Å². The van der Waals surface area contributed by atoms with Crippen molar-refractivity contribution in [3.63, 3.8) is 0 Å². The summed E-state index contributed by atoms with van der Waals surface area (Å²) in [6.07, 6.45) is 5.00. The molecule has 6 nitrogen and oxygen atoms in total. The number of benzene rings is 1. The molecule has 2 aliphatic rings. The monoisotopic (exact) mass is 572 g/mol. The highest BCUT2D eigenvalue weighted by atomic mass is 35.6. The molecule has 4 rings (SSSR count). The second-order valence-electron chi connectivity index (χ2n) is 7.07. The molecule has 0 bridgehead atoms. The summed E-state index contributed by atoms with van der Waals surface area (Å²) in [5.41, 5.74) is 1.44. The number of nitrogens with zero attached hydrogens (tertiary/aromatic N) is 4. The van der Waals surface area contributed by atoms with Crippen molar-refractivity contribution in [3.05, 3.63) is 63.9 Å². The SMILES string of the molecule is N#Cc1c(Cl)nc(Cl)c(C#N)c1-c1ccccc1.O=C1C2CC=CCC2C(=O)N1SC(Cl)(Cl)Cl. The van der Waals surface area contributed by atoms with Gasteiger partial charge in [-0.05, 0) is 18.4 Å². The lowest BCUT2D eigenvalue weighted by Crippen LogP contribution is -2.26. The van der Waals surface area contributed by atoms with Gasteiger partial charge in [0.15, 0.2) is 0 Å². The van der Waals surface area contributed by atoms with Crippen LogP contribution in [0.3, 0.4) is 0 Å². The van der Waals surface area contributed by atoms with Gasteiger partial charge in [-0.3, -0.25) is 9.59 Å². The first-order valence-corrected chi connectivity index (χ1v) is 12.3. The third-order valence-corrected chi connectivity index (χ3v) is 6.97. The second-order valence-corrected chi connectivity index (χ2v) is 11.9. The minimum Gasteiger partial charge on any atom is -0.273 e. The van der Waals surface area contributed by atoms with Crippen molar-refractivity contribution < 1.29 is 9.59 Å². The Labute approximate surface area is 225 Å². The average molecular weight is 575 g/mol. The molecule has 0 N–H and O–H groups in total. The Morgan fingerprint density at radius 1 is 0.912 bits per heavy atom. The summed E-state index contributed by atoms with van der Waals surface area (Å²) < 4.78 is -0.693. The van der Waals surface area contributed by atoms with Gasteiger partial charge in [0.1, 0.15) is 22.4 Å². The molecule has 1 saturated heterocycles. The fourth-order valence-electron chi connectivity index (χ4n) is 3.59. The number of aromatic nitrogens is 1. The van der Waals surface area contributed by atoms with Gasteiger partial charge >= 0.3 is 0 Å². The molecule has 1 aliphatic heterocycles. The molecule has 1 aromatic heterocycles. The molecule has 2 atom stereocenters. The first kappa shape index (κ1) is 26.6. The van der Waals surface area contributed by atoms with E-state index in [9.17, 15) is 9.59 Å². The van der Waals surface area contributed by atoms with Crippen LogP contribution in [0.15, 0.2) is 42.5 Å². The van der Waals surface area contributed by atoms with Crippen LogP contribution in [0.2, 0.25) is 10.3 Å². The highest BCUT2D eigenvalue weighted by Gasteiger charge is 2.49. The number of rotatable bonds is 2. The molecule has 0 saturated carbocycles. The van der Waals surface area contributed by atoms with E-state index in [4.69, 9.17) is 68.5 Å². The lowest BCUT2D eigenvalue weighted by Gasteiger charge is -2.17. The van der Waals surface area contributed by atoms with E-state index < -0.39 is 3.12 Å². The number of fused-ring (bicyclic) bond motifs is 1. The average Bonchev–Trinajstić information content (AvgIpc) is 3.03. The lowest BCUT2D eigenvalue weighted by atomic mass is 9.85. The van der Waals surface area contributed by atoms with Gasteiger partial charge in [-0.25, -0.2) is 9.29 Å². The Hall–Kier alpha value is -1.97. The number of hydrogen-bond donors (Lipinski definition) is 0. The number of carbonyl (C=O) groups is 2. The van der Waals surface area contributed by atoms with Crippen LogP contribution < -0.4 is 0 Å². The van der Waals surface area contributed by atoms with Crippen molar-refractivity contribution in [2.24, 2.45) is 11.8 Å². The fraction of sp³-hybridized carbons (Fsp3) is 0.227. The largest absolute Gasteiger partial charge is 0.273 e. The van der Waals surface area contributed by atoms with Crippen LogP contribution >= 0.6 is 70.0 Å². The maximum Gasteiger partial charge on any atom is 0.256 e. The molecule has 2 heterocycles. The topological polar surface area (TPSA) is 97.8 Å². The molecule has 1 aromatic carbocycles. The molecule has 2 unspecified atom stereocenters. The second kappa shape index (κ2) is 11.2. The number of carbonyl (C=O) groups excluding carboxylic acids is 2. The number of pyridine rings is 1. The van der Waals surface area contributed by atoms with Crippen molar-refractivity contribution in [3.8, 4) is 23.3 Å². The van der Waals surface area contributed by atoms with E-state index in [-0.39, 0.29) is 45.1 Å². The van der Waals surface area contributed by atoms with Crippen LogP contribution in [0.4, 0.5) is 0 Å². The quantitative estimate of drug-likeness (QED) is 0.130. The molecule has 174 valence electrons. The molecular formula is C22H13Cl5N4O2S. The number of imide groups is 1. The van der Waals surface area contributed by atoms with Crippen molar-refractivity contribution in [2.75, 3.05) is 0 Å². The number of alkyl halides is 3. The Kier molecular flexibility index (Phi) is 8.76. The van der Waals surface area contributed by atoms with Crippen LogP contribution in [0.5, 0.6) is 0 Å². The van der Waals surface area contributed by atoms with E-state index in [1.54, 1.807) is 24.3 Å². The smallest absolute Gasteiger partial charge is 0.256 e. The zero-order valence-corrected chi connectivity index (χ0v) is 21.6. The predicted molar refractivity (Wildman–Crippen MR) is 134 cm³/mol. The minimum atomic E-state index is -1.69. The van der Waals surface area contributed by atoms with E-state index in [1.807, 2.05) is 30.4 Å². The third kappa shape index (κ3) is 5.80. The van der Waals surface area contributed by atoms with Crippen LogP contribution in [-0.2, 0) is 9.59 Å². The summed E-state index contributed by atoms with van der Waals surface area (Å²) in [6.45, 7) is 0. The van der Waals surface area contributed by atoms with Crippen molar-refractivity contribution in [1.29, 1.82) is 10.5 Å². The Bertz CT molecular complexity index is 1170. The van der Waals surface area contributed by atoms with E-state index in [0.29, 0.717) is 35.9 Å². The molecule has 1 fully saturated rings. The predicted octanol–water partition coefficient (Wildman–Crippen LogP) is 6.71. The van der Waals surface area contributed by atoms with Gasteiger partial charge in [0.05, 0.1) is 23.0 Å². The summed E-state index contributed by atoms with van der Waals surface area (Å²) in [6, 6.07) is 12.9. The molecule has 2 amide bonds. The molecule has 34 heavy (non-hydrogen) atoms. The van der Waals surface area contributed by atoms with Gasteiger partial charge in [-0.1, -0.05) is 100 Å². The number of amides is 2. The van der Waals surface area contributed by atoms with E-state index >= 15 is 0 Å². The summed E-state index contributed by atoms with van der Waals surface area (Å²) in [5, 5.41) is 18.3. The maximum atomic E-state index is 11.9. The molecule has 1 aliphatic carbocycles. The zero-order valence-electron chi connectivity index (χ0n) is 17.0. The highest BCUT2D eigenvalue weighted by Crippen LogP contribution is 2.46. The van der Waals surface area contributed by atoms with Gasteiger partial charge in [-0.2, -0.15) is 10.5 Å². The summed E-state index contributed by atoms with van der Waals surface area (Å²) in [7, 11) is 0. The van der Waals surface area contributed by atoms with Crippen LogP contribution in [0.25, 0.3) is 11.1 Å². The molecule has 12 heteroatoms. The Balaban J connectivity index is 0.000000192. The first-order valence-electron chi connectivity index (χ1n) is 9.62. The van der Waals surface area contributed by atoms with Crippen molar-refractivity contribution in [2.45, 2.75) is 16.0 Å². The number of hydrogen-bond acceptors (Lipinski definition) is 6. The standard InChI is InChI=1S/C13H5Cl2N3.C9H8Cl3NO2S/c14-12-9(6-16)11(8-4-2-1-3-5-8)10(7-17)13(15)18-12;10-9(11,12)16-13-7(14)5-3-1-2-4-6(5)8(13)15/h1-5H;1-2,5-6H,3-4H2. The molecule has 0 spiro atoms. The highest BCUT2D eigenvalue weighted by molar-refractivity contribution is 8.03. The summed E-state index contributed by atoms with van der Waals surface area (Å²) >= 11 is 29.1. The van der Waals surface area contributed by atoms with Crippen LogP contribution in [-0.4, -0.2) is 24.2 Å². The number of allylic oxidation sites excluding steroid dienone is 2. The fourth-order valence-corrected chi connectivity index (χ4v) is 5.35. The molecule has 0 radical (unpaired) electrons. The first-order chi connectivity index (χ1) is 16.1. The summed E-state index contributed by atoms with van der Waals surface area (Å²) in [4.78, 5) is 27.6. The lowest BCUT2D eigenvalue weighted by molar-refractivity contribution is -0.133. The molecular weight excluding hydrogens is 562 g/mol. The maximum absolute atomic E-state index is 11.9. The van der Waals surface area contributed by atoms with Gasteiger partial charge in [-0.15, -0.1) is 0 Å². The Morgan fingerprint density at radius 3 is 1.79 bits per heavy atom. The van der Waals surface area contributed by atoms with Crippen molar-refractivity contribution >= 4 is 81.8 Å².